The highest BCUT2D eigenvalue weighted by Gasteiger charge is 2.24. The number of hydrogen-bond donors (Lipinski definition) is 1. The second-order valence-electron chi connectivity index (χ2n) is 5.79. The van der Waals surface area contributed by atoms with Crippen LogP contribution in [0.25, 0.3) is 11.0 Å². The van der Waals surface area contributed by atoms with Crippen LogP contribution in [0.5, 0.6) is 5.75 Å². The van der Waals surface area contributed by atoms with E-state index in [9.17, 15) is 9.59 Å². The maximum absolute atomic E-state index is 13.0. The Kier molecular flexibility index (Phi) is 4.22. The van der Waals surface area contributed by atoms with Crippen LogP contribution in [0, 0.1) is 0 Å². The minimum Gasteiger partial charge on any atom is -0.497 e. The van der Waals surface area contributed by atoms with Crippen LogP contribution in [0.4, 0.5) is 5.69 Å². The summed E-state index contributed by atoms with van der Waals surface area (Å²) in [6.45, 7) is 0. The average molecular weight is 361 g/mol. The molecule has 0 saturated heterocycles. The van der Waals surface area contributed by atoms with Crippen molar-refractivity contribution in [2.45, 2.75) is 0 Å². The Hall–Kier alpha value is -3.80. The van der Waals surface area contributed by atoms with Crippen LogP contribution in [-0.4, -0.2) is 18.8 Å². The molecule has 1 N–H and O–H groups in total. The molecule has 0 saturated carbocycles. The van der Waals surface area contributed by atoms with Gasteiger partial charge in [0.05, 0.1) is 19.1 Å². The predicted octanol–water partition coefficient (Wildman–Crippen LogP) is 4.52. The van der Waals surface area contributed by atoms with Crippen molar-refractivity contribution in [1.82, 2.24) is 0 Å². The first kappa shape index (κ1) is 16.7. The van der Waals surface area contributed by atoms with Gasteiger partial charge < -0.3 is 18.9 Å². The fraction of sp³-hybridized carbons (Fsp3) is 0.0476. The lowest BCUT2D eigenvalue weighted by Gasteiger charge is -2.06. The molecule has 0 bridgehead atoms. The molecule has 0 unspecified atom stereocenters. The number of furan rings is 2. The number of carbonyl (C=O) groups is 2. The lowest BCUT2D eigenvalue weighted by atomic mass is 10.1. The van der Waals surface area contributed by atoms with E-state index in [1.165, 1.54) is 13.4 Å². The van der Waals surface area contributed by atoms with Gasteiger partial charge in [-0.2, -0.15) is 0 Å². The molecule has 1 amide bonds. The number of para-hydroxylation sites is 1. The highest BCUT2D eigenvalue weighted by atomic mass is 16.5. The van der Waals surface area contributed by atoms with E-state index in [0.717, 1.165) is 0 Å². The summed E-state index contributed by atoms with van der Waals surface area (Å²) in [6, 6.07) is 17.0. The molecule has 0 aliphatic rings. The Morgan fingerprint density at radius 3 is 2.63 bits per heavy atom. The van der Waals surface area contributed by atoms with Crippen LogP contribution in [0.1, 0.15) is 26.7 Å². The Labute approximate surface area is 154 Å². The standard InChI is InChI=1S/C21H15NO5/c1-25-14-7-4-6-13(12-14)19(23)20-18(15-8-2-3-9-16(15)27-20)22-21(24)17-10-5-11-26-17/h2-12H,1H3,(H,22,24). The van der Waals surface area contributed by atoms with E-state index < -0.39 is 5.91 Å². The van der Waals surface area contributed by atoms with Crippen molar-refractivity contribution < 1.29 is 23.2 Å². The quantitative estimate of drug-likeness (QED) is 0.529. The number of methoxy groups -OCH3 is 1. The summed E-state index contributed by atoms with van der Waals surface area (Å²) in [7, 11) is 1.53. The Balaban J connectivity index is 1.80. The van der Waals surface area contributed by atoms with E-state index in [0.29, 0.717) is 28.0 Å². The van der Waals surface area contributed by atoms with Crippen molar-refractivity contribution >= 4 is 28.3 Å². The second kappa shape index (κ2) is 6.84. The summed E-state index contributed by atoms with van der Waals surface area (Å²) in [4.78, 5) is 25.5. The first-order valence-corrected chi connectivity index (χ1v) is 8.22. The summed E-state index contributed by atoms with van der Waals surface area (Å²) in [5.41, 5.74) is 1.19. The van der Waals surface area contributed by atoms with Gasteiger partial charge in [-0.15, -0.1) is 0 Å². The zero-order valence-electron chi connectivity index (χ0n) is 14.4. The molecule has 4 rings (SSSR count). The number of carbonyl (C=O) groups excluding carboxylic acids is 2. The number of amides is 1. The number of benzene rings is 2. The number of fused-ring (bicyclic) bond motifs is 1. The van der Waals surface area contributed by atoms with Gasteiger partial charge in [-0.05, 0) is 36.4 Å². The molecule has 6 nitrogen and oxygen atoms in total. The summed E-state index contributed by atoms with van der Waals surface area (Å²) in [5, 5.41) is 3.37. The van der Waals surface area contributed by atoms with Crippen molar-refractivity contribution in [3.8, 4) is 5.75 Å². The third-order valence-corrected chi connectivity index (χ3v) is 4.12. The first-order chi connectivity index (χ1) is 13.2. The Morgan fingerprint density at radius 2 is 1.85 bits per heavy atom. The van der Waals surface area contributed by atoms with Crippen molar-refractivity contribution in [2.24, 2.45) is 0 Å². The molecule has 2 aromatic carbocycles. The largest absolute Gasteiger partial charge is 0.497 e. The molecule has 0 aliphatic heterocycles. The molecule has 27 heavy (non-hydrogen) atoms. The average Bonchev–Trinajstić information content (AvgIpc) is 3.36. The highest BCUT2D eigenvalue weighted by molar-refractivity contribution is 6.18. The molecule has 2 heterocycles. The molecule has 0 spiro atoms. The van der Waals surface area contributed by atoms with Crippen LogP contribution in [0.3, 0.4) is 0 Å². The zero-order chi connectivity index (χ0) is 18.8. The molecule has 2 aromatic heterocycles. The SMILES string of the molecule is COc1cccc(C(=O)c2oc3ccccc3c2NC(=O)c2ccco2)c1. The molecule has 0 radical (unpaired) electrons. The van der Waals surface area contributed by atoms with Crippen molar-refractivity contribution in [2.75, 3.05) is 12.4 Å². The predicted molar refractivity (Wildman–Crippen MR) is 99.3 cm³/mol. The lowest BCUT2D eigenvalue weighted by molar-refractivity contribution is 0.0996. The van der Waals surface area contributed by atoms with E-state index in [2.05, 4.69) is 5.32 Å². The number of nitrogens with one attached hydrogen (secondary N) is 1. The molecule has 134 valence electrons. The van der Waals surface area contributed by atoms with E-state index in [4.69, 9.17) is 13.6 Å². The van der Waals surface area contributed by atoms with E-state index in [1.807, 2.05) is 0 Å². The molecular weight excluding hydrogens is 346 g/mol. The fourth-order valence-electron chi connectivity index (χ4n) is 2.81. The topological polar surface area (TPSA) is 81.7 Å². The zero-order valence-corrected chi connectivity index (χ0v) is 14.4. The lowest BCUT2D eigenvalue weighted by Crippen LogP contribution is -2.13. The van der Waals surface area contributed by atoms with Gasteiger partial charge in [-0.3, -0.25) is 9.59 Å². The normalized spacial score (nSPS) is 10.7. The van der Waals surface area contributed by atoms with Crippen LogP contribution in [-0.2, 0) is 0 Å². The van der Waals surface area contributed by atoms with Crippen LogP contribution in [0.2, 0.25) is 0 Å². The van der Waals surface area contributed by atoms with Gasteiger partial charge in [-0.1, -0.05) is 24.3 Å². The minimum atomic E-state index is -0.466. The third kappa shape index (κ3) is 3.08. The summed E-state index contributed by atoms with van der Waals surface area (Å²) < 4.78 is 16.1. The maximum Gasteiger partial charge on any atom is 0.291 e. The molecule has 0 fully saturated rings. The monoisotopic (exact) mass is 361 g/mol. The van der Waals surface area contributed by atoms with E-state index >= 15 is 0 Å². The van der Waals surface area contributed by atoms with Gasteiger partial charge in [0.15, 0.2) is 11.5 Å². The molecule has 6 heteroatoms. The summed E-state index contributed by atoms with van der Waals surface area (Å²) in [5.74, 6) is -0.0892. The van der Waals surface area contributed by atoms with Crippen LogP contribution in [0.15, 0.2) is 75.8 Å². The van der Waals surface area contributed by atoms with Gasteiger partial charge in [0.1, 0.15) is 11.3 Å². The highest BCUT2D eigenvalue weighted by Crippen LogP contribution is 2.33. The number of ether oxygens (including phenoxy) is 1. The van der Waals surface area contributed by atoms with Gasteiger partial charge >= 0.3 is 0 Å². The van der Waals surface area contributed by atoms with Crippen molar-refractivity contribution in [3.63, 3.8) is 0 Å². The Bertz CT molecular complexity index is 1120. The number of anilines is 1. The van der Waals surface area contributed by atoms with E-state index in [-0.39, 0.29) is 17.3 Å². The summed E-state index contributed by atoms with van der Waals surface area (Å²) >= 11 is 0. The number of hydrogen-bond acceptors (Lipinski definition) is 5. The van der Waals surface area contributed by atoms with Crippen molar-refractivity contribution in [1.29, 1.82) is 0 Å². The molecular formula is C21H15NO5. The third-order valence-electron chi connectivity index (χ3n) is 4.12. The molecule has 0 aliphatic carbocycles. The number of rotatable bonds is 5. The molecule has 0 atom stereocenters. The van der Waals surface area contributed by atoms with Gasteiger partial charge in [0.2, 0.25) is 5.78 Å². The van der Waals surface area contributed by atoms with Crippen LogP contribution < -0.4 is 10.1 Å². The smallest absolute Gasteiger partial charge is 0.291 e. The Morgan fingerprint density at radius 1 is 1.00 bits per heavy atom. The fourth-order valence-corrected chi connectivity index (χ4v) is 2.81. The van der Waals surface area contributed by atoms with E-state index in [1.54, 1.807) is 60.7 Å². The van der Waals surface area contributed by atoms with Crippen LogP contribution >= 0.6 is 0 Å². The van der Waals surface area contributed by atoms with Gasteiger partial charge in [-0.25, -0.2) is 0 Å². The van der Waals surface area contributed by atoms with Gasteiger partial charge in [0.25, 0.3) is 5.91 Å². The van der Waals surface area contributed by atoms with Crippen molar-refractivity contribution in [3.05, 3.63) is 84.0 Å². The first-order valence-electron chi connectivity index (χ1n) is 8.22. The number of ketones is 1. The molecule has 4 aromatic rings. The summed E-state index contributed by atoms with van der Waals surface area (Å²) in [6.07, 6.45) is 1.41. The minimum absolute atomic E-state index is 0.0457. The maximum atomic E-state index is 13.0. The second-order valence-corrected chi connectivity index (χ2v) is 5.79. The van der Waals surface area contributed by atoms with Gasteiger partial charge in [0, 0.05) is 10.9 Å².